The summed E-state index contributed by atoms with van der Waals surface area (Å²) in [6, 6.07) is 7.19. The summed E-state index contributed by atoms with van der Waals surface area (Å²) in [5.41, 5.74) is 0.487. The van der Waals surface area contributed by atoms with Gasteiger partial charge < -0.3 is 14.8 Å². The fraction of sp³-hybridized carbons (Fsp3) is 0.462. The number of nitrogens with one attached hydrogen (secondary N) is 1. The summed E-state index contributed by atoms with van der Waals surface area (Å²) < 4.78 is 10.6. The number of carbonyl (C=O) groups excluding carboxylic acids is 1. The van der Waals surface area contributed by atoms with Crippen molar-refractivity contribution in [3.05, 3.63) is 29.8 Å². The molecule has 4 nitrogen and oxygen atoms in total. The molecule has 0 aliphatic carbocycles. The third-order valence-electron chi connectivity index (χ3n) is 2.84. The van der Waals surface area contributed by atoms with E-state index in [1.54, 1.807) is 18.2 Å². The summed E-state index contributed by atoms with van der Waals surface area (Å²) in [7, 11) is 1.38. The molecule has 0 saturated carbocycles. The van der Waals surface area contributed by atoms with E-state index in [1.807, 2.05) is 6.07 Å². The Hall–Kier alpha value is -1.55. The van der Waals surface area contributed by atoms with Gasteiger partial charge in [0.05, 0.1) is 7.11 Å². The van der Waals surface area contributed by atoms with Gasteiger partial charge in [0, 0.05) is 6.54 Å². The van der Waals surface area contributed by atoms with Crippen molar-refractivity contribution in [3.63, 3.8) is 0 Å². The Morgan fingerprint density at radius 3 is 2.94 bits per heavy atom. The van der Waals surface area contributed by atoms with Crippen molar-refractivity contribution in [2.75, 3.05) is 20.2 Å². The molecule has 0 radical (unpaired) electrons. The molecule has 0 bridgehead atoms. The molecule has 1 heterocycles. The van der Waals surface area contributed by atoms with Crippen LogP contribution in [0.1, 0.15) is 23.2 Å². The molecule has 1 aliphatic heterocycles. The van der Waals surface area contributed by atoms with E-state index in [0.29, 0.717) is 11.3 Å². The molecule has 0 amide bonds. The van der Waals surface area contributed by atoms with Gasteiger partial charge in [0.1, 0.15) is 17.4 Å². The van der Waals surface area contributed by atoms with Crippen molar-refractivity contribution in [2.24, 2.45) is 0 Å². The summed E-state index contributed by atoms with van der Waals surface area (Å²) in [6.07, 6.45) is 2.25. The Morgan fingerprint density at radius 2 is 2.24 bits per heavy atom. The minimum absolute atomic E-state index is 0.134. The van der Waals surface area contributed by atoms with E-state index in [0.717, 1.165) is 25.9 Å². The van der Waals surface area contributed by atoms with Crippen LogP contribution in [0.4, 0.5) is 0 Å². The fourth-order valence-electron chi connectivity index (χ4n) is 1.95. The summed E-state index contributed by atoms with van der Waals surface area (Å²) in [6.45, 7) is 1.87. The van der Waals surface area contributed by atoms with Crippen LogP contribution < -0.4 is 10.1 Å². The average molecular weight is 235 g/mol. The van der Waals surface area contributed by atoms with Gasteiger partial charge in [-0.25, -0.2) is 4.79 Å². The first-order valence-corrected chi connectivity index (χ1v) is 5.86. The highest BCUT2D eigenvalue weighted by atomic mass is 16.5. The van der Waals surface area contributed by atoms with Crippen molar-refractivity contribution in [1.82, 2.24) is 5.32 Å². The van der Waals surface area contributed by atoms with Gasteiger partial charge in [0.2, 0.25) is 0 Å². The maximum absolute atomic E-state index is 11.6. The van der Waals surface area contributed by atoms with Crippen LogP contribution in [0.15, 0.2) is 24.3 Å². The van der Waals surface area contributed by atoms with Crippen molar-refractivity contribution in [1.29, 1.82) is 0 Å². The molecule has 1 N–H and O–H groups in total. The smallest absolute Gasteiger partial charge is 0.341 e. The van der Waals surface area contributed by atoms with E-state index in [9.17, 15) is 4.79 Å². The largest absolute Gasteiger partial charge is 0.488 e. The predicted molar refractivity (Wildman–Crippen MR) is 64.3 cm³/mol. The Labute approximate surface area is 101 Å². The molecule has 1 saturated heterocycles. The third-order valence-corrected chi connectivity index (χ3v) is 2.84. The number of carbonyl (C=O) groups is 1. The van der Waals surface area contributed by atoms with Crippen LogP contribution >= 0.6 is 0 Å². The van der Waals surface area contributed by atoms with E-state index in [2.05, 4.69) is 5.32 Å². The van der Waals surface area contributed by atoms with Gasteiger partial charge in [-0.2, -0.15) is 0 Å². The zero-order chi connectivity index (χ0) is 12.1. The van der Waals surface area contributed by atoms with Crippen LogP contribution in [0.2, 0.25) is 0 Å². The van der Waals surface area contributed by atoms with Crippen LogP contribution in [0, 0.1) is 0 Å². The monoisotopic (exact) mass is 235 g/mol. The molecular weight excluding hydrogens is 218 g/mol. The molecule has 0 spiro atoms. The fourth-order valence-corrected chi connectivity index (χ4v) is 1.95. The normalized spacial score (nSPS) is 19.7. The summed E-state index contributed by atoms with van der Waals surface area (Å²) in [5, 5.41) is 3.28. The van der Waals surface area contributed by atoms with Gasteiger partial charge >= 0.3 is 5.97 Å². The number of hydrogen-bond donors (Lipinski definition) is 1. The Bertz CT molecular complexity index is 386. The van der Waals surface area contributed by atoms with Gasteiger partial charge in [-0.3, -0.25) is 0 Å². The van der Waals surface area contributed by atoms with Crippen molar-refractivity contribution < 1.29 is 14.3 Å². The number of ether oxygens (including phenoxy) is 2. The summed E-state index contributed by atoms with van der Waals surface area (Å²) >= 11 is 0. The highest BCUT2D eigenvalue weighted by Crippen LogP contribution is 2.21. The number of hydrogen-bond acceptors (Lipinski definition) is 4. The van der Waals surface area contributed by atoms with Crippen LogP contribution in [0.3, 0.4) is 0 Å². The van der Waals surface area contributed by atoms with Gasteiger partial charge in [0.25, 0.3) is 0 Å². The van der Waals surface area contributed by atoms with Crippen LogP contribution in [-0.2, 0) is 4.74 Å². The molecule has 92 valence electrons. The Balaban J connectivity index is 2.11. The zero-order valence-electron chi connectivity index (χ0n) is 9.94. The van der Waals surface area contributed by atoms with E-state index in [-0.39, 0.29) is 12.1 Å². The molecule has 0 unspecified atom stereocenters. The topological polar surface area (TPSA) is 47.6 Å². The second-order valence-electron chi connectivity index (χ2n) is 4.07. The second kappa shape index (κ2) is 5.68. The number of piperidine rings is 1. The van der Waals surface area contributed by atoms with E-state index in [4.69, 9.17) is 9.47 Å². The predicted octanol–water partition coefficient (Wildman–Crippen LogP) is 1.60. The van der Waals surface area contributed by atoms with Crippen LogP contribution in [0.5, 0.6) is 5.75 Å². The Morgan fingerprint density at radius 1 is 1.41 bits per heavy atom. The number of benzene rings is 1. The number of para-hydroxylation sites is 1. The minimum atomic E-state index is -0.357. The van der Waals surface area contributed by atoms with Crippen molar-refractivity contribution in [3.8, 4) is 5.75 Å². The molecule has 4 heteroatoms. The lowest BCUT2D eigenvalue weighted by molar-refractivity contribution is 0.0591. The zero-order valence-corrected chi connectivity index (χ0v) is 9.94. The number of rotatable bonds is 3. The average Bonchev–Trinajstić information content (AvgIpc) is 2.40. The number of methoxy groups -OCH3 is 1. The van der Waals surface area contributed by atoms with E-state index < -0.39 is 0 Å². The SMILES string of the molecule is COC(=O)c1ccccc1O[C@@H]1CCCNC1. The maximum atomic E-state index is 11.6. The van der Waals surface area contributed by atoms with E-state index in [1.165, 1.54) is 7.11 Å². The summed E-state index contributed by atoms with van der Waals surface area (Å²) in [5.74, 6) is 0.248. The third kappa shape index (κ3) is 2.97. The van der Waals surface area contributed by atoms with Gasteiger partial charge in [-0.05, 0) is 31.5 Å². The van der Waals surface area contributed by atoms with Crippen LogP contribution in [0.25, 0.3) is 0 Å². The molecule has 0 aromatic heterocycles. The standard InChI is InChI=1S/C13H17NO3/c1-16-13(15)11-6-2-3-7-12(11)17-10-5-4-8-14-9-10/h2-3,6-7,10,14H,4-5,8-9H2,1H3/t10-/m1/s1. The second-order valence-corrected chi connectivity index (χ2v) is 4.07. The quantitative estimate of drug-likeness (QED) is 0.808. The molecular formula is C13H17NO3. The first kappa shape index (κ1) is 11.9. The first-order chi connectivity index (χ1) is 8.31. The van der Waals surface area contributed by atoms with E-state index >= 15 is 0 Å². The molecule has 1 fully saturated rings. The first-order valence-electron chi connectivity index (χ1n) is 5.86. The Kier molecular flexibility index (Phi) is 3.98. The highest BCUT2D eigenvalue weighted by molar-refractivity contribution is 5.92. The van der Waals surface area contributed by atoms with Crippen molar-refractivity contribution >= 4 is 5.97 Å². The maximum Gasteiger partial charge on any atom is 0.341 e. The van der Waals surface area contributed by atoms with Crippen molar-refractivity contribution in [2.45, 2.75) is 18.9 Å². The summed E-state index contributed by atoms with van der Waals surface area (Å²) in [4.78, 5) is 11.6. The molecule has 1 aromatic carbocycles. The molecule has 1 aromatic rings. The molecule has 1 atom stereocenters. The minimum Gasteiger partial charge on any atom is -0.488 e. The lowest BCUT2D eigenvalue weighted by atomic mass is 10.1. The molecule has 17 heavy (non-hydrogen) atoms. The van der Waals surface area contributed by atoms with Gasteiger partial charge in [-0.1, -0.05) is 12.1 Å². The molecule has 1 aliphatic rings. The lowest BCUT2D eigenvalue weighted by Crippen LogP contribution is -2.37. The molecule has 2 rings (SSSR count). The van der Waals surface area contributed by atoms with Gasteiger partial charge in [-0.15, -0.1) is 0 Å². The highest BCUT2D eigenvalue weighted by Gasteiger charge is 2.18. The van der Waals surface area contributed by atoms with Gasteiger partial charge in [0.15, 0.2) is 0 Å². The van der Waals surface area contributed by atoms with Crippen LogP contribution in [-0.4, -0.2) is 32.3 Å². The lowest BCUT2D eigenvalue weighted by Gasteiger charge is -2.24. The number of esters is 1.